The molecule has 3 aliphatic rings. The summed E-state index contributed by atoms with van der Waals surface area (Å²) >= 11 is 0. The quantitative estimate of drug-likeness (QED) is 0.376. The van der Waals surface area contributed by atoms with Gasteiger partial charge in [-0.15, -0.1) is 0 Å². The minimum absolute atomic E-state index is 0.212. The maximum atomic E-state index is 6.51. The number of nitrogens with zero attached hydrogens (tertiary/aromatic N) is 1. The molecule has 3 nitrogen and oxygen atoms in total. The van der Waals surface area contributed by atoms with Crippen LogP contribution in [0.3, 0.4) is 0 Å². The van der Waals surface area contributed by atoms with Gasteiger partial charge in [-0.1, -0.05) is 78.9 Å². The molecular formula is C31H26N2O. The molecule has 7 rings (SSSR count). The summed E-state index contributed by atoms with van der Waals surface area (Å²) < 4.78 is 6.51. The third kappa shape index (κ3) is 3.04. The number of benzene rings is 3. The van der Waals surface area contributed by atoms with Crippen LogP contribution in [0.2, 0.25) is 0 Å². The second-order valence-corrected chi connectivity index (χ2v) is 9.36. The summed E-state index contributed by atoms with van der Waals surface area (Å²) in [4.78, 5) is 2.48. The molecule has 4 heterocycles. The summed E-state index contributed by atoms with van der Waals surface area (Å²) in [6.07, 6.45) is 16.3. The van der Waals surface area contributed by atoms with Crippen LogP contribution in [0.5, 0.6) is 0 Å². The molecule has 0 fully saturated rings. The van der Waals surface area contributed by atoms with E-state index in [4.69, 9.17) is 4.42 Å². The van der Waals surface area contributed by atoms with Gasteiger partial charge in [-0.25, -0.2) is 0 Å². The Morgan fingerprint density at radius 3 is 2.76 bits per heavy atom. The molecule has 1 unspecified atom stereocenters. The van der Waals surface area contributed by atoms with Gasteiger partial charge in [-0.2, -0.15) is 0 Å². The summed E-state index contributed by atoms with van der Waals surface area (Å²) in [7, 11) is 0. The van der Waals surface area contributed by atoms with Crippen molar-refractivity contribution in [2.24, 2.45) is 0 Å². The molecule has 3 aliphatic heterocycles. The Kier molecular flexibility index (Phi) is 4.47. The number of allylic oxidation sites excluding steroid dienone is 4. The van der Waals surface area contributed by atoms with Gasteiger partial charge in [0.1, 0.15) is 11.2 Å². The van der Waals surface area contributed by atoms with Crippen molar-refractivity contribution in [3.8, 4) is 0 Å². The minimum Gasteiger partial charge on any atom is -0.456 e. The maximum Gasteiger partial charge on any atom is 0.141 e. The van der Waals surface area contributed by atoms with E-state index in [0.717, 1.165) is 30.7 Å². The van der Waals surface area contributed by atoms with Crippen molar-refractivity contribution in [2.45, 2.75) is 18.4 Å². The lowest BCUT2D eigenvalue weighted by Crippen LogP contribution is -2.35. The summed E-state index contributed by atoms with van der Waals surface area (Å²) in [5.74, 6) is 0.376. The minimum atomic E-state index is 0.212. The van der Waals surface area contributed by atoms with Crippen LogP contribution in [0.4, 0.5) is 0 Å². The molecule has 2 atom stereocenters. The first kappa shape index (κ1) is 19.5. The lowest BCUT2D eigenvalue weighted by molar-refractivity contribution is 0.273. The molecule has 0 radical (unpaired) electrons. The smallest absolute Gasteiger partial charge is 0.141 e. The Morgan fingerprint density at radius 2 is 1.82 bits per heavy atom. The highest BCUT2D eigenvalue weighted by atomic mass is 16.3. The van der Waals surface area contributed by atoms with Crippen LogP contribution in [0.15, 0.2) is 108 Å². The van der Waals surface area contributed by atoms with Gasteiger partial charge in [0.25, 0.3) is 0 Å². The van der Waals surface area contributed by atoms with E-state index >= 15 is 0 Å². The fraction of sp³-hybridized carbons (Fsp3) is 0.161. The van der Waals surface area contributed by atoms with Crippen LogP contribution < -0.4 is 5.32 Å². The van der Waals surface area contributed by atoms with E-state index in [0.29, 0.717) is 5.92 Å². The van der Waals surface area contributed by atoms with E-state index in [1.54, 1.807) is 0 Å². The zero-order valence-corrected chi connectivity index (χ0v) is 18.9. The first-order chi connectivity index (χ1) is 16.9. The van der Waals surface area contributed by atoms with E-state index in [1.807, 2.05) is 0 Å². The molecular weight excluding hydrogens is 416 g/mol. The lowest BCUT2D eigenvalue weighted by atomic mass is 9.79. The van der Waals surface area contributed by atoms with Crippen molar-refractivity contribution in [3.63, 3.8) is 0 Å². The second-order valence-electron chi connectivity index (χ2n) is 9.36. The number of nitrogens with one attached hydrogen (secondary N) is 1. The molecule has 1 aromatic heterocycles. The number of dihydropyridines is 1. The van der Waals surface area contributed by atoms with Gasteiger partial charge in [0.2, 0.25) is 0 Å². The average molecular weight is 443 g/mol. The molecule has 3 aromatic carbocycles. The van der Waals surface area contributed by atoms with Crippen molar-refractivity contribution in [1.29, 1.82) is 0 Å². The largest absolute Gasteiger partial charge is 0.456 e. The molecule has 0 saturated heterocycles. The molecule has 1 N–H and O–H groups in total. The molecule has 34 heavy (non-hydrogen) atoms. The summed E-state index contributed by atoms with van der Waals surface area (Å²) in [5, 5.41) is 5.95. The van der Waals surface area contributed by atoms with E-state index in [-0.39, 0.29) is 6.04 Å². The summed E-state index contributed by atoms with van der Waals surface area (Å²) in [5.41, 5.74) is 8.62. The van der Waals surface area contributed by atoms with E-state index in [2.05, 4.69) is 114 Å². The number of furan rings is 1. The van der Waals surface area contributed by atoms with Crippen molar-refractivity contribution < 1.29 is 4.42 Å². The molecule has 3 heteroatoms. The Bertz CT molecular complexity index is 1530. The number of hydrogen-bond donors (Lipinski definition) is 1. The standard InChI is InChI=1S/C31H26N2O/c1-2-10-23(27-12-5-7-17-32-27)21(9-1)19-22-20-33-18-8-6-13-28(33)30-24(22)15-16-26-25-11-3-4-14-29(25)34-31(26)30/h1-16,18,22,28,32H,17,19-20H2/t22-,28?/m0/s1. The third-order valence-corrected chi connectivity index (χ3v) is 7.41. The topological polar surface area (TPSA) is 28.4 Å². The molecule has 0 bridgehead atoms. The van der Waals surface area contributed by atoms with Crippen LogP contribution in [0.1, 0.15) is 34.2 Å². The van der Waals surface area contributed by atoms with Crippen molar-refractivity contribution in [2.75, 3.05) is 13.1 Å². The number of para-hydroxylation sites is 1. The predicted octanol–water partition coefficient (Wildman–Crippen LogP) is 6.85. The maximum absolute atomic E-state index is 6.51. The van der Waals surface area contributed by atoms with Crippen molar-refractivity contribution in [1.82, 2.24) is 10.2 Å². The first-order valence-electron chi connectivity index (χ1n) is 12.1. The molecule has 166 valence electrons. The third-order valence-electron chi connectivity index (χ3n) is 7.41. The molecule has 0 amide bonds. The fourth-order valence-corrected chi connectivity index (χ4v) is 5.85. The number of fused-ring (bicyclic) bond motifs is 7. The van der Waals surface area contributed by atoms with Crippen LogP contribution in [0, 0.1) is 0 Å². The monoisotopic (exact) mass is 442 g/mol. The van der Waals surface area contributed by atoms with Crippen molar-refractivity contribution in [3.05, 3.63) is 126 Å². The highest BCUT2D eigenvalue weighted by Crippen LogP contribution is 2.45. The van der Waals surface area contributed by atoms with Crippen molar-refractivity contribution >= 4 is 27.6 Å². The first-order valence-corrected chi connectivity index (χ1v) is 12.1. The molecule has 0 saturated carbocycles. The number of hydrogen-bond acceptors (Lipinski definition) is 3. The summed E-state index contributed by atoms with van der Waals surface area (Å²) in [6, 6.07) is 22.1. The Labute approximate surface area is 199 Å². The average Bonchev–Trinajstić information content (AvgIpc) is 3.28. The normalized spacial score (nSPS) is 20.8. The Balaban J connectivity index is 1.38. The fourth-order valence-electron chi connectivity index (χ4n) is 5.85. The van der Waals surface area contributed by atoms with Gasteiger partial charge in [0.15, 0.2) is 0 Å². The molecule has 4 aromatic rings. The van der Waals surface area contributed by atoms with Gasteiger partial charge < -0.3 is 14.6 Å². The number of rotatable bonds is 3. The van der Waals surface area contributed by atoms with Gasteiger partial charge in [0.05, 0.1) is 6.04 Å². The van der Waals surface area contributed by atoms with Crippen LogP contribution in [0.25, 0.3) is 27.6 Å². The van der Waals surface area contributed by atoms with E-state index in [9.17, 15) is 0 Å². The van der Waals surface area contributed by atoms with Gasteiger partial charge in [0, 0.05) is 46.6 Å². The highest BCUT2D eigenvalue weighted by Gasteiger charge is 2.34. The van der Waals surface area contributed by atoms with E-state index < -0.39 is 0 Å². The van der Waals surface area contributed by atoms with Gasteiger partial charge in [-0.05, 0) is 42.0 Å². The lowest BCUT2D eigenvalue weighted by Gasteiger charge is -2.41. The van der Waals surface area contributed by atoms with Gasteiger partial charge in [-0.3, -0.25) is 0 Å². The SMILES string of the molecule is C1=CCNC(c2ccccc2C[C@H]2CN3C=CC=CC3c3c2ccc2c3oc3ccccc32)=C1. The van der Waals surface area contributed by atoms with Crippen LogP contribution >= 0.6 is 0 Å². The zero-order valence-electron chi connectivity index (χ0n) is 18.9. The molecule has 0 aliphatic carbocycles. The second kappa shape index (κ2) is 7.81. The van der Waals surface area contributed by atoms with Crippen LogP contribution in [-0.4, -0.2) is 18.0 Å². The zero-order chi connectivity index (χ0) is 22.5. The predicted molar refractivity (Wildman–Crippen MR) is 139 cm³/mol. The van der Waals surface area contributed by atoms with E-state index in [1.165, 1.54) is 38.7 Å². The summed E-state index contributed by atoms with van der Waals surface area (Å²) in [6.45, 7) is 1.87. The van der Waals surface area contributed by atoms with Crippen LogP contribution in [-0.2, 0) is 6.42 Å². The Morgan fingerprint density at radius 1 is 0.912 bits per heavy atom. The highest BCUT2D eigenvalue weighted by molar-refractivity contribution is 6.06. The Hall–Kier alpha value is -3.98. The molecule has 0 spiro atoms. The van der Waals surface area contributed by atoms with Gasteiger partial charge >= 0.3 is 0 Å².